The summed E-state index contributed by atoms with van der Waals surface area (Å²) in [5.74, 6) is -1.47. The summed E-state index contributed by atoms with van der Waals surface area (Å²) in [4.78, 5) is 10.8. The number of oxime groups is 1. The van der Waals surface area contributed by atoms with E-state index in [4.69, 9.17) is 16.8 Å². The second-order valence-corrected chi connectivity index (χ2v) is 2.74. The number of halogens is 2. The molecule has 0 bridgehead atoms. The Hall–Kier alpha value is -1.62. The Labute approximate surface area is 84.0 Å². The van der Waals surface area contributed by atoms with Crippen molar-refractivity contribution in [2.75, 3.05) is 5.32 Å². The van der Waals surface area contributed by atoms with Crippen LogP contribution in [0.3, 0.4) is 0 Å². The summed E-state index contributed by atoms with van der Waals surface area (Å²) < 4.78 is 13.1. The van der Waals surface area contributed by atoms with E-state index in [0.717, 1.165) is 0 Å². The lowest BCUT2D eigenvalue weighted by Gasteiger charge is -2.03. The van der Waals surface area contributed by atoms with Gasteiger partial charge in [0.05, 0.1) is 10.7 Å². The van der Waals surface area contributed by atoms with Gasteiger partial charge in [-0.2, -0.15) is 0 Å². The van der Waals surface area contributed by atoms with Crippen LogP contribution in [-0.4, -0.2) is 17.3 Å². The van der Waals surface area contributed by atoms with E-state index in [9.17, 15) is 9.18 Å². The molecule has 1 aromatic carbocycles. The first-order chi connectivity index (χ1) is 6.65. The molecule has 0 radical (unpaired) electrons. The van der Waals surface area contributed by atoms with E-state index in [1.807, 2.05) is 0 Å². The fourth-order valence-electron chi connectivity index (χ4n) is 0.818. The van der Waals surface area contributed by atoms with Crippen molar-refractivity contribution in [3.8, 4) is 0 Å². The molecule has 1 amide bonds. The van der Waals surface area contributed by atoms with Crippen LogP contribution in [0.15, 0.2) is 23.4 Å². The fourth-order valence-corrected chi connectivity index (χ4v) is 0.992. The minimum Gasteiger partial charge on any atom is -0.411 e. The van der Waals surface area contributed by atoms with Crippen LogP contribution in [-0.2, 0) is 4.79 Å². The first kappa shape index (κ1) is 10.5. The van der Waals surface area contributed by atoms with Crippen LogP contribution < -0.4 is 5.32 Å². The molecule has 0 fully saturated rings. The average Bonchev–Trinajstić information content (AvgIpc) is 2.13. The molecule has 0 unspecified atom stereocenters. The van der Waals surface area contributed by atoms with Crippen molar-refractivity contribution in [2.24, 2.45) is 5.16 Å². The van der Waals surface area contributed by atoms with Crippen LogP contribution >= 0.6 is 11.6 Å². The summed E-state index contributed by atoms with van der Waals surface area (Å²) >= 11 is 5.47. The molecule has 0 heterocycles. The van der Waals surface area contributed by atoms with Gasteiger partial charge in [-0.25, -0.2) is 4.39 Å². The van der Waals surface area contributed by atoms with Gasteiger partial charge < -0.3 is 10.5 Å². The summed E-state index contributed by atoms with van der Waals surface area (Å²) in [5, 5.41) is 12.6. The van der Waals surface area contributed by atoms with Crippen molar-refractivity contribution in [1.82, 2.24) is 0 Å². The third-order valence-electron chi connectivity index (χ3n) is 1.38. The third-order valence-corrected chi connectivity index (χ3v) is 1.68. The second kappa shape index (κ2) is 4.57. The minimum atomic E-state index is -0.742. The molecule has 6 heteroatoms. The molecule has 0 aliphatic carbocycles. The maximum atomic E-state index is 13.1. The van der Waals surface area contributed by atoms with Gasteiger partial charge in [-0.3, -0.25) is 4.79 Å². The van der Waals surface area contributed by atoms with Crippen LogP contribution in [0.25, 0.3) is 0 Å². The van der Waals surface area contributed by atoms with E-state index in [2.05, 4.69) is 10.5 Å². The van der Waals surface area contributed by atoms with E-state index in [1.165, 1.54) is 18.2 Å². The highest BCUT2D eigenvalue weighted by Gasteiger charge is 2.07. The van der Waals surface area contributed by atoms with Crippen LogP contribution in [0.1, 0.15) is 0 Å². The molecule has 1 rings (SSSR count). The van der Waals surface area contributed by atoms with Gasteiger partial charge in [0.25, 0.3) is 5.91 Å². The van der Waals surface area contributed by atoms with E-state index in [-0.39, 0.29) is 10.7 Å². The summed E-state index contributed by atoms with van der Waals surface area (Å²) in [6.45, 7) is 0. The van der Waals surface area contributed by atoms with Crippen molar-refractivity contribution in [3.63, 3.8) is 0 Å². The lowest BCUT2D eigenvalue weighted by molar-refractivity contribution is -0.110. The fraction of sp³-hybridized carbons (Fsp3) is 0. The van der Waals surface area contributed by atoms with E-state index in [1.54, 1.807) is 0 Å². The van der Waals surface area contributed by atoms with Gasteiger partial charge in [0.15, 0.2) is 5.82 Å². The van der Waals surface area contributed by atoms with E-state index >= 15 is 0 Å². The van der Waals surface area contributed by atoms with Gasteiger partial charge in [-0.05, 0) is 12.1 Å². The summed E-state index contributed by atoms with van der Waals surface area (Å²) in [6.07, 6.45) is 0.611. The number of hydrogen-bond donors (Lipinski definition) is 2. The Morgan fingerprint density at radius 3 is 3.00 bits per heavy atom. The molecule has 0 aromatic heterocycles. The van der Waals surface area contributed by atoms with Gasteiger partial charge in [-0.1, -0.05) is 22.8 Å². The highest BCUT2D eigenvalue weighted by Crippen LogP contribution is 2.21. The van der Waals surface area contributed by atoms with Crippen molar-refractivity contribution >= 4 is 29.4 Å². The first-order valence-electron chi connectivity index (χ1n) is 3.57. The van der Waals surface area contributed by atoms with Crippen LogP contribution in [0.2, 0.25) is 5.02 Å². The predicted octanol–water partition coefficient (Wildman–Crippen LogP) is 1.88. The molecule has 4 nitrogen and oxygen atoms in total. The highest BCUT2D eigenvalue weighted by molar-refractivity contribution is 6.33. The van der Waals surface area contributed by atoms with Crippen molar-refractivity contribution in [1.29, 1.82) is 0 Å². The van der Waals surface area contributed by atoms with Crippen LogP contribution in [0, 0.1) is 5.82 Å². The molecule has 0 aliphatic rings. The Morgan fingerprint density at radius 2 is 2.36 bits per heavy atom. The van der Waals surface area contributed by atoms with Gasteiger partial charge in [0.2, 0.25) is 0 Å². The number of nitrogens with one attached hydrogen (secondary N) is 1. The molecule has 1 aromatic rings. The van der Waals surface area contributed by atoms with Gasteiger partial charge in [0.1, 0.15) is 6.21 Å². The number of hydrogen-bond acceptors (Lipinski definition) is 3. The molecule has 0 spiro atoms. The van der Waals surface area contributed by atoms with Crippen LogP contribution in [0.5, 0.6) is 0 Å². The molecule has 0 aliphatic heterocycles. The van der Waals surface area contributed by atoms with Crippen molar-refractivity contribution in [2.45, 2.75) is 0 Å². The Balaban J connectivity index is 2.87. The summed E-state index contributed by atoms with van der Waals surface area (Å²) in [5.41, 5.74) is -0.0672. The molecular weight excluding hydrogens is 211 g/mol. The predicted molar refractivity (Wildman–Crippen MR) is 50.3 cm³/mol. The third kappa shape index (κ3) is 2.43. The van der Waals surface area contributed by atoms with Crippen LogP contribution in [0.4, 0.5) is 10.1 Å². The summed E-state index contributed by atoms with van der Waals surface area (Å²) in [7, 11) is 0. The monoisotopic (exact) mass is 216 g/mol. The Kier molecular flexibility index (Phi) is 3.41. The first-order valence-corrected chi connectivity index (χ1v) is 3.95. The zero-order valence-electron chi connectivity index (χ0n) is 6.87. The van der Waals surface area contributed by atoms with E-state index in [0.29, 0.717) is 6.21 Å². The Morgan fingerprint density at radius 1 is 1.64 bits per heavy atom. The standard InChI is InChI=1S/C8H6ClFN2O2/c9-5-2-1-3-6(8(5)10)12-7(13)4-11-14/h1-4,14H,(H,12,13)/b11-4+. The molecule has 0 saturated heterocycles. The smallest absolute Gasteiger partial charge is 0.270 e. The lowest BCUT2D eigenvalue weighted by Crippen LogP contribution is -2.13. The minimum absolute atomic E-state index is 0.0672. The topological polar surface area (TPSA) is 61.7 Å². The van der Waals surface area contributed by atoms with Gasteiger partial charge in [0, 0.05) is 0 Å². The maximum absolute atomic E-state index is 13.1. The van der Waals surface area contributed by atoms with Gasteiger partial charge >= 0.3 is 0 Å². The highest BCUT2D eigenvalue weighted by atomic mass is 35.5. The van der Waals surface area contributed by atoms with E-state index < -0.39 is 11.7 Å². The molecule has 0 atom stereocenters. The molecule has 2 N–H and O–H groups in total. The normalized spacial score (nSPS) is 10.4. The number of nitrogens with zero attached hydrogens (tertiary/aromatic N) is 1. The number of benzene rings is 1. The number of anilines is 1. The molecule has 0 saturated carbocycles. The van der Waals surface area contributed by atoms with Crippen molar-refractivity contribution < 1.29 is 14.4 Å². The zero-order valence-corrected chi connectivity index (χ0v) is 7.62. The Bertz CT molecular complexity index is 382. The number of rotatable bonds is 2. The second-order valence-electron chi connectivity index (χ2n) is 2.34. The number of carbonyl (C=O) groups is 1. The lowest BCUT2D eigenvalue weighted by atomic mass is 10.3. The maximum Gasteiger partial charge on any atom is 0.270 e. The van der Waals surface area contributed by atoms with Crippen molar-refractivity contribution in [3.05, 3.63) is 29.0 Å². The molecular formula is C8H6ClFN2O2. The summed E-state index contributed by atoms with van der Waals surface area (Å²) in [6, 6.07) is 4.17. The van der Waals surface area contributed by atoms with Gasteiger partial charge in [-0.15, -0.1) is 0 Å². The zero-order chi connectivity index (χ0) is 10.6. The average molecular weight is 217 g/mol. The number of carbonyl (C=O) groups excluding carboxylic acids is 1. The SMILES string of the molecule is O=C(/C=N/O)Nc1cccc(Cl)c1F. The molecule has 74 valence electrons. The number of amides is 1. The largest absolute Gasteiger partial charge is 0.411 e. The quantitative estimate of drug-likeness (QED) is 0.450. The molecule has 14 heavy (non-hydrogen) atoms.